The monoisotopic (exact) mass is 531 g/mol. The number of anilines is 2. The molecule has 1 aromatic carbocycles. The van der Waals surface area contributed by atoms with Crippen molar-refractivity contribution < 1.29 is 14.1 Å². The van der Waals surface area contributed by atoms with Crippen molar-refractivity contribution in [1.29, 1.82) is 0 Å². The Morgan fingerprint density at radius 2 is 2.03 bits per heavy atom. The average molecular weight is 532 g/mol. The summed E-state index contributed by atoms with van der Waals surface area (Å²) in [5.74, 6) is 2.27. The zero-order valence-corrected chi connectivity index (χ0v) is 22.3. The third-order valence-corrected chi connectivity index (χ3v) is 7.46. The standard InChI is InChI=1S/C27H29N7O3S/c1-27(2,3)21-12-22(33-37-21)31-25(35)29-18-6-4-17(5-7-18)19-14-34-20-8-9-23(32-24(20)38-26(34)30-19)36-15-16-10-11-28-13-16/h4-9,12,14,16,28H,10-11,13,15H2,1-3H3,(H2,29,31,33,35)/t16-/m0/s1. The van der Waals surface area contributed by atoms with E-state index in [-0.39, 0.29) is 5.41 Å². The van der Waals surface area contributed by atoms with Gasteiger partial charge in [0.1, 0.15) is 10.6 Å². The number of aromatic nitrogens is 4. The summed E-state index contributed by atoms with van der Waals surface area (Å²) in [6, 6.07) is 12.8. The van der Waals surface area contributed by atoms with Crippen molar-refractivity contribution in [2.24, 2.45) is 5.92 Å². The summed E-state index contributed by atoms with van der Waals surface area (Å²) in [7, 11) is 0. The Balaban J connectivity index is 1.11. The van der Waals surface area contributed by atoms with Gasteiger partial charge < -0.3 is 19.9 Å². The van der Waals surface area contributed by atoms with Crippen LogP contribution in [0.15, 0.2) is 53.2 Å². The lowest BCUT2D eigenvalue weighted by Crippen LogP contribution is -2.19. The summed E-state index contributed by atoms with van der Waals surface area (Å²) in [6.45, 7) is 8.80. The number of hydrogen-bond acceptors (Lipinski definition) is 8. The van der Waals surface area contributed by atoms with Crippen LogP contribution in [0.3, 0.4) is 0 Å². The lowest BCUT2D eigenvalue weighted by atomic mass is 9.93. The van der Waals surface area contributed by atoms with E-state index >= 15 is 0 Å². The fourth-order valence-electron chi connectivity index (χ4n) is 4.34. The molecule has 1 fully saturated rings. The molecular weight excluding hydrogens is 502 g/mol. The summed E-state index contributed by atoms with van der Waals surface area (Å²) >= 11 is 1.53. The molecule has 6 rings (SSSR count). The zero-order valence-electron chi connectivity index (χ0n) is 21.4. The van der Waals surface area contributed by atoms with Crippen LogP contribution in [0.1, 0.15) is 33.0 Å². The lowest BCUT2D eigenvalue weighted by molar-refractivity contribution is 0.252. The van der Waals surface area contributed by atoms with Crippen LogP contribution in [0.2, 0.25) is 0 Å². The summed E-state index contributed by atoms with van der Waals surface area (Å²) in [6.07, 6.45) is 3.15. The number of pyridine rings is 1. The molecule has 3 N–H and O–H groups in total. The van der Waals surface area contributed by atoms with Gasteiger partial charge in [0.25, 0.3) is 0 Å². The fourth-order valence-corrected chi connectivity index (χ4v) is 5.31. The van der Waals surface area contributed by atoms with Crippen molar-refractivity contribution in [3.05, 3.63) is 54.4 Å². The number of nitrogens with one attached hydrogen (secondary N) is 3. The van der Waals surface area contributed by atoms with Gasteiger partial charge in [-0.05, 0) is 31.2 Å². The molecule has 0 saturated carbocycles. The highest BCUT2D eigenvalue weighted by molar-refractivity contribution is 7.23. The third kappa shape index (κ3) is 5.07. The second-order valence-electron chi connectivity index (χ2n) is 10.5. The van der Waals surface area contributed by atoms with Crippen LogP contribution in [0.5, 0.6) is 5.88 Å². The predicted octanol–water partition coefficient (Wildman–Crippen LogP) is 5.53. The van der Waals surface area contributed by atoms with Crippen molar-refractivity contribution in [3.63, 3.8) is 0 Å². The topological polar surface area (TPSA) is 119 Å². The number of thiazole rings is 1. The minimum atomic E-state index is -0.392. The van der Waals surface area contributed by atoms with Gasteiger partial charge >= 0.3 is 6.03 Å². The van der Waals surface area contributed by atoms with Gasteiger partial charge in [0.2, 0.25) is 5.88 Å². The molecule has 0 aliphatic carbocycles. The fraction of sp³-hybridized carbons (Fsp3) is 0.333. The smallest absolute Gasteiger partial charge is 0.324 e. The second kappa shape index (κ2) is 9.73. The van der Waals surface area contributed by atoms with Crippen LogP contribution in [-0.2, 0) is 5.41 Å². The van der Waals surface area contributed by atoms with Crippen LogP contribution in [0.4, 0.5) is 16.3 Å². The number of benzene rings is 1. The van der Waals surface area contributed by atoms with Crippen LogP contribution in [-0.4, -0.2) is 45.3 Å². The van der Waals surface area contributed by atoms with E-state index < -0.39 is 6.03 Å². The SMILES string of the molecule is CC(C)(C)c1cc(NC(=O)Nc2ccc(-c3cn4c(n3)sc3nc(OC[C@H]5CCNC5)ccc34)cc2)no1. The number of imidazole rings is 1. The first-order valence-corrected chi connectivity index (χ1v) is 13.4. The zero-order chi connectivity index (χ0) is 26.3. The predicted molar refractivity (Wildman–Crippen MR) is 148 cm³/mol. The maximum Gasteiger partial charge on any atom is 0.324 e. The Morgan fingerprint density at radius 1 is 1.18 bits per heavy atom. The van der Waals surface area contributed by atoms with E-state index in [0.717, 1.165) is 46.1 Å². The van der Waals surface area contributed by atoms with Crippen molar-refractivity contribution in [3.8, 4) is 17.1 Å². The highest BCUT2D eigenvalue weighted by Gasteiger charge is 2.20. The Bertz CT molecular complexity index is 1590. The molecule has 2 amide bonds. The molecule has 1 atom stereocenters. The van der Waals surface area contributed by atoms with Crippen molar-refractivity contribution >= 4 is 44.2 Å². The Kier molecular flexibility index (Phi) is 6.24. The second-order valence-corrected chi connectivity index (χ2v) is 11.5. The van der Waals surface area contributed by atoms with E-state index in [1.165, 1.54) is 11.3 Å². The third-order valence-electron chi connectivity index (χ3n) is 6.49. The molecule has 38 heavy (non-hydrogen) atoms. The van der Waals surface area contributed by atoms with Gasteiger partial charge in [-0.25, -0.2) is 14.8 Å². The molecule has 11 heteroatoms. The highest BCUT2D eigenvalue weighted by Crippen LogP contribution is 2.30. The van der Waals surface area contributed by atoms with Crippen molar-refractivity contribution in [2.45, 2.75) is 32.6 Å². The molecule has 10 nitrogen and oxygen atoms in total. The maximum atomic E-state index is 12.4. The van der Waals surface area contributed by atoms with E-state index in [9.17, 15) is 4.79 Å². The van der Waals surface area contributed by atoms with Crippen molar-refractivity contribution in [2.75, 3.05) is 30.3 Å². The molecule has 0 radical (unpaired) electrons. The van der Waals surface area contributed by atoms with E-state index in [0.29, 0.717) is 35.7 Å². The summed E-state index contributed by atoms with van der Waals surface area (Å²) in [5, 5.41) is 12.8. The van der Waals surface area contributed by atoms with E-state index in [1.54, 1.807) is 6.07 Å². The average Bonchev–Trinajstić information content (AvgIpc) is 3.67. The number of hydrogen-bond donors (Lipinski definition) is 3. The molecule has 1 aliphatic rings. The van der Waals surface area contributed by atoms with Crippen LogP contribution in [0.25, 0.3) is 26.6 Å². The molecule has 0 unspecified atom stereocenters. The first kappa shape index (κ1) is 24.4. The van der Waals surface area contributed by atoms with E-state index in [4.69, 9.17) is 14.2 Å². The number of rotatable bonds is 6. The summed E-state index contributed by atoms with van der Waals surface area (Å²) < 4.78 is 13.3. The normalized spacial score (nSPS) is 15.8. The molecule has 0 spiro atoms. The van der Waals surface area contributed by atoms with Crippen LogP contribution < -0.4 is 20.7 Å². The van der Waals surface area contributed by atoms with Gasteiger partial charge in [-0.2, -0.15) is 0 Å². The van der Waals surface area contributed by atoms with Crippen LogP contribution in [0, 0.1) is 5.92 Å². The molecule has 5 heterocycles. The molecule has 0 bridgehead atoms. The molecule has 1 aliphatic heterocycles. The highest BCUT2D eigenvalue weighted by atomic mass is 32.1. The Labute approximate surface area is 223 Å². The number of fused-ring (bicyclic) bond motifs is 3. The van der Waals surface area contributed by atoms with Gasteiger partial charge in [-0.15, -0.1) is 0 Å². The molecular formula is C27H29N7O3S. The molecule has 196 valence electrons. The number of ether oxygens (including phenoxy) is 1. The summed E-state index contributed by atoms with van der Waals surface area (Å²) in [4.78, 5) is 23.7. The molecule has 5 aromatic rings. The van der Waals surface area contributed by atoms with Gasteiger partial charge in [0.15, 0.2) is 10.8 Å². The first-order chi connectivity index (χ1) is 18.3. The van der Waals surface area contributed by atoms with Crippen molar-refractivity contribution in [1.82, 2.24) is 24.8 Å². The largest absolute Gasteiger partial charge is 0.477 e. The summed E-state index contributed by atoms with van der Waals surface area (Å²) in [5.41, 5.74) is 3.26. The van der Waals surface area contributed by atoms with Gasteiger partial charge in [0.05, 0.1) is 17.8 Å². The van der Waals surface area contributed by atoms with E-state index in [1.807, 2.05) is 63.4 Å². The molecule has 4 aromatic heterocycles. The number of nitrogens with zero attached hydrogens (tertiary/aromatic N) is 4. The lowest BCUT2D eigenvalue weighted by Gasteiger charge is -2.12. The first-order valence-electron chi connectivity index (χ1n) is 12.6. The van der Waals surface area contributed by atoms with Crippen LogP contribution >= 0.6 is 11.3 Å². The number of carbonyl (C=O) groups excluding carboxylic acids is 1. The van der Waals surface area contributed by atoms with Gasteiger partial charge in [-0.1, -0.05) is 49.4 Å². The number of urea groups is 1. The van der Waals surface area contributed by atoms with E-state index in [2.05, 4.69) is 30.5 Å². The Hall–Kier alpha value is -3.96. The maximum absolute atomic E-state index is 12.4. The Morgan fingerprint density at radius 3 is 2.76 bits per heavy atom. The number of amides is 2. The minimum absolute atomic E-state index is 0.187. The van der Waals surface area contributed by atoms with Gasteiger partial charge in [0, 0.05) is 47.5 Å². The minimum Gasteiger partial charge on any atom is -0.477 e. The molecule has 1 saturated heterocycles. The van der Waals surface area contributed by atoms with Gasteiger partial charge in [-0.3, -0.25) is 9.72 Å². The number of carbonyl (C=O) groups is 1. The quantitative estimate of drug-likeness (QED) is 0.264.